The van der Waals surface area contributed by atoms with E-state index in [1.54, 1.807) is 12.1 Å². The number of benzene rings is 1. The smallest absolute Gasteiger partial charge is 0.335 e. The van der Waals surface area contributed by atoms with Crippen molar-refractivity contribution in [3.63, 3.8) is 0 Å². The van der Waals surface area contributed by atoms with E-state index in [2.05, 4.69) is 22.9 Å². The number of nitrogens with zero attached hydrogens (tertiary/aromatic N) is 2. The van der Waals surface area contributed by atoms with Crippen LogP contribution in [0.2, 0.25) is 0 Å². The zero-order valence-electron chi connectivity index (χ0n) is 11.3. The summed E-state index contributed by atoms with van der Waals surface area (Å²) >= 11 is 0. The molecule has 1 aromatic heterocycles. The quantitative estimate of drug-likeness (QED) is 0.929. The first-order valence-corrected chi connectivity index (χ1v) is 6.61. The molecule has 2 aromatic rings. The fraction of sp³-hybridized carbons (Fsp3) is 0.250. The van der Waals surface area contributed by atoms with Gasteiger partial charge in [-0.15, -0.1) is 0 Å². The van der Waals surface area contributed by atoms with Crippen molar-refractivity contribution in [1.82, 2.24) is 9.88 Å². The second-order valence-corrected chi connectivity index (χ2v) is 5.20. The Labute approximate surface area is 117 Å². The van der Waals surface area contributed by atoms with Crippen LogP contribution in [0.5, 0.6) is 0 Å². The molecule has 1 aromatic carbocycles. The number of aryl methyl sites for hydroxylation is 1. The van der Waals surface area contributed by atoms with Crippen molar-refractivity contribution < 1.29 is 9.90 Å². The van der Waals surface area contributed by atoms with E-state index >= 15 is 0 Å². The summed E-state index contributed by atoms with van der Waals surface area (Å²) in [6.07, 6.45) is 1.81. The minimum absolute atomic E-state index is 0.361. The summed E-state index contributed by atoms with van der Waals surface area (Å²) < 4.78 is 0. The summed E-state index contributed by atoms with van der Waals surface area (Å²) in [6, 6.07) is 9.38. The lowest BCUT2D eigenvalue weighted by Gasteiger charge is -2.15. The highest BCUT2D eigenvalue weighted by molar-refractivity contribution is 5.87. The largest absolute Gasteiger partial charge is 0.478 e. The van der Waals surface area contributed by atoms with Crippen LogP contribution in [-0.2, 0) is 19.6 Å². The molecule has 0 saturated heterocycles. The maximum atomic E-state index is 11.0. The molecule has 1 aliphatic heterocycles. The van der Waals surface area contributed by atoms with Gasteiger partial charge in [0.1, 0.15) is 0 Å². The average molecular weight is 268 g/mol. The molecule has 0 fully saturated rings. The van der Waals surface area contributed by atoms with E-state index in [9.17, 15) is 4.79 Å². The second kappa shape index (κ2) is 5.06. The van der Waals surface area contributed by atoms with Crippen LogP contribution in [0.15, 0.2) is 36.5 Å². The van der Waals surface area contributed by atoms with E-state index in [1.165, 1.54) is 11.1 Å². The molecule has 1 aliphatic rings. The predicted molar refractivity (Wildman–Crippen MR) is 75.3 cm³/mol. The fourth-order valence-electron chi connectivity index (χ4n) is 2.61. The zero-order valence-corrected chi connectivity index (χ0v) is 11.3. The Hall–Kier alpha value is -2.20. The fourth-order valence-corrected chi connectivity index (χ4v) is 2.61. The zero-order chi connectivity index (χ0) is 14.1. The van der Waals surface area contributed by atoms with Crippen molar-refractivity contribution in [2.75, 3.05) is 0 Å². The minimum Gasteiger partial charge on any atom is -0.478 e. The number of hydrogen-bond donors (Lipinski definition) is 1. The SMILES string of the molecule is Cc1cccnc1CN1Cc2ccc(C(=O)O)cc2C1. The lowest BCUT2D eigenvalue weighted by molar-refractivity contribution is 0.0696. The summed E-state index contributed by atoms with van der Waals surface area (Å²) in [4.78, 5) is 17.7. The highest BCUT2D eigenvalue weighted by Gasteiger charge is 2.21. The number of aromatic carboxylic acids is 1. The molecule has 4 nitrogen and oxygen atoms in total. The van der Waals surface area contributed by atoms with Gasteiger partial charge in [-0.3, -0.25) is 9.88 Å². The molecule has 0 saturated carbocycles. The van der Waals surface area contributed by atoms with Gasteiger partial charge >= 0.3 is 5.97 Å². The molecule has 0 bridgehead atoms. The van der Waals surface area contributed by atoms with Gasteiger partial charge in [-0.05, 0) is 41.8 Å². The van der Waals surface area contributed by atoms with Gasteiger partial charge in [0.05, 0.1) is 11.3 Å². The van der Waals surface area contributed by atoms with Crippen molar-refractivity contribution in [1.29, 1.82) is 0 Å². The van der Waals surface area contributed by atoms with Gasteiger partial charge in [-0.25, -0.2) is 4.79 Å². The molecule has 0 aliphatic carbocycles. The molecule has 0 unspecified atom stereocenters. The Bertz CT molecular complexity index is 667. The maximum absolute atomic E-state index is 11.0. The van der Waals surface area contributed by atoms with Gasteiger partial charge < -0.3 is 5.11 Å². The van der Waals surface area contributed by atoms with E-state index < -0.39 is 5.97 Å². The van der Waals surface area contributed by atoms with Gasteiger partial charge in [0.2, 0.25) is 0 Å². The molecule has 4 heteroatoms. The van der Waals surface area contributed by atoms with E-state index in [-0.39, 0.29) is 0 Å². The third kappa shape index (κ3) is 2.42. The van der Waals surface area contributed by atoms with Crippen LogP contribution < -0.4 is 0 Å². The van der Waals surface area contributed by atoms with Crippen LogP contribution >= 0.6 is 0 Å². The lowest BCUT2D eigenvalue weighted by atomic mass is 10.1. The van der Waals surface area contributed by atoms with Crippen molar-refractivity contribution in [3.05, 3.63) is 64.5 Å². The molecule has 0 atom stereocenters. The van der Waals surface area contributed by atoms with Gasteiger partial charge in [-0.1, -0.05) is 12.1 Å². The van der Waals surface area contributed by atoms with Crippen molar-refractivity contribution in [2.45, 2.75) is 26.6 Å². The van der Waals surface area contributed by atoms with Crippen LogP contribution in [0.25, 0.3) is 0 Å². The lowest BCUT2D eigenvalue weighted by Crippen LogP contribution is -2.17. The first-order chi connectivity index (χ1) is 9.63. The van der Waals surface area contributed by atoms with Crippen LogP contribution in [0, 0.1) is 6.92 Å². The summed E-state index contributed by atoms with van der Waals surface area (Å²) in [5, 5.41) is 9.03. The normalized spacial score (nSPS) is 14.2. The van der Waals surface area contributed by atoms with Crippen molar-refractivity contribution in [2.24, 2.45) is 0 Å². The Kier molecular flexibility index (Phi) is 3.24. The molecular formula is C16H16N2O2. The number of fused-ring (bicyclic) bond motifs is 1. The Morgan fingerprint density at radius 3 is 2.85 bits per heavy atom. The summed E-state index contributed by atoms with van der Waals surface area (Å²) in [5.74, 6) is -0.869. The highest BCUT2D eigenvalue weighted by Crippen LogP contribution is 2.25. The maximum Gasteiger partial charge on any atom is 0.335 e. The van der Waals surface area contributed by atoms with Crippen molar-refractivity contribution in [3.8, 4) is 0 Å². The minimum atomic E-state index is -0.869. The molecule has 0 spiro atoms. The monoisotopic (exact) mass is 268 g/mol. The van der Waals surface area contributed by atoms with Gasteiger partial charge in [0, 0.05) is 25.8 Å². The van der Waals surface area contributed by atoms with Gasteiger partial charge in [0.15, 0.2) is 0 Å². The van der Waals surface area contributed by atoms with Crippen LogP contribution in [0.3, 0.4) is 0 Å². The molecule has 1 N–H and O–H groups in total. The molecule has 3 rings (SSSR count). The molecule has 0 amide bonds. The van der Waals surface area contributed by atoms with E-state index in [1.807, 2.05) is 18.3 Å². The Morgan fingerprint density at radius 1 is 1.30 bits per heavy atom. The Balaban J connectivity index is 1.77. The van der Waals surface area contributed by atoms with Crippen molar-refractivity contribution >= 4 is 5.97 Å². The van der Waals surface area contributed by atoms with E-state index in [0.717, 1.165) is 30.9 Å². The molecule has 102 valence electrons. The molecule has 20 heavy (non-hydrogen) atoms. The molecular weight excluding hydrogens is 252 g/mol. The van der Waals surface area contributed by atoms with Gasteiger partial charge in [0.25, 0.3) is 0 Å². The standard InChI is InChI=1S/C16H16N2O2/c1-11-3-2-6-17-15(11)10-18-8-13-5-4-12(16(19)20)7-14(13)9-18/h2-7H,8-10H2,1H3,(H,19,20). The number of pyridine rings is 1. The number of carboxylic acids is 1. The second-order valence-electron chi connectivity index (χ2n) is 5.20. The highest BCUT2D eigenvalue weighted by atomic mass is 16.4. The van der Waals surface area contributed by atoms with Gasteiger partial charge in [-0.2, -0.15) is 0 Å². The summed E-state index contributed by atoms with van der Waals surface area (Å²) in [6.45, 7) is 4.50. The summed E-state index contributed by atoms with van der Waals surface area (Å²) in [7, 11) is 0. The Morgan fingerprint density at radius 2 is 2.10 bits per heavy atom. The third-order valence-electron chi connectivity index (χ3n) is 3.73. The first-order valence-electron chi connectivity index (χ1n) is 6.61. The number of hydrogen-bond acceptors (Lipinski definition) is 3. The topological polar surface area (TPSA) is 53.4 Å². The average Bonchev–Trinajstić information content (AvgIpc) is 2.82. The number of carbonyl (C=O) groups is 1. The molecule has 2 heterocycles. The first kappa shape index (κ1) is 12.8. The number of carboxylic acid groups (broad SMARTS) is 1. The third-order valence-corrected chi connectivity index (χ3v) is 3.73. The summed E-state index contributed by atoms with van der Waals surface area (Å²) in [5.41, 5.74) is 4.95. The van der Waals surface area contributed by atoms with Crippen LogP contribution in [0.1, 0.15) is 32.7 Å². The van der Waals surface area contributed by atoms with E-state index in [0.29, 0.717) is 5.56 Å². The number of aromatic nitrogens is 1. The van der Waals surface area contributed by atoms with Crippen LogP contribution in [-0.4, -0.2) is 21.0 Å². The number of rotatable bonds is 3. The van der Waals surface area contributed by atoms with E-state index in [4.69, 9.17) is 5.11 Å². The molecule has 0 radical (unpaired) electrons. The predicted octanol–water partition coefficient (Wildman–Crippen LogP) is 2.60. The van der Waals surface area contributed by atoms with Crippen LogP contribution in [0.4, 0.5) is 0 Å².